The van der Waals surface area contributed by atoms with Crippen molar-refractivity contribution in [2.24, 2.45) is 5.73 Å². The summed E-state index contributed by atoms with van der Waals surface area (Å²) < 4.78 is 67.9. The van der Waals surface area contributed by atoms with Crippen LogP contribution in [0, 0.1) is 0 Å². The van der Waals surface area contributed by atoms with Crippen LogP contribution in [0.15, 0.2) is 82.6 Å². The molecule has 0 amide bonds. The van der Waals surface area contributed by atoms with Gasteiger partial charge in [-0.25, -0.2) is 21.6 Å². The van der Waals surface area contributed by atoms with Crippen LogP contribution in [0.2, 0.25) is 0 Å². The van der Waals surface area contributed by atoms with E-state index in [0.29, 0.717) is 51.3 Å². The SMILES string of the molecule is C[C@H](CO)NS(=O)(=O)c1cccc(OC[C@@H](O)CN[C@@H]2COC3(CCN(S(=O)(=O)c4cccc(-c5ccc(CN)cc5)c4)CC3)C2)c1. The lowest BCUT2D eigenvalue weighted by Gasteiger charge is -2.38. The highest BCUT2D eigenvalue weighted by Crippen LogP contribution is 2.37. The Hall–Kier alpha value is -2.92. The number of rotatable bonds is 14. The van der Waals surface area contributed by atoms with Crippen molar-refractivity contribution < 1.29 is 36.5 Å². The maximum Gasteiger partial charge on any atom is 0.243 e. The number of piperidine rings is 1. The second kappa shape index (κ2) is 15.1. The van der Waals surface area contributed by atoms with Gasteiger partial charge in [0, 0.05) is 44.3 Å². The lowest BCUT2D eigenvalue weighted by molar-refractivity contribution is -0.0312. The van der Waals surface area contributed by atoms with E-state index in [1.807, 2.05) is 30.3 Å². The van der Waals surface area contributed by atoms with Crippen LogP contribution in [0.4, 0.5) is 0 Å². The molecule has 2 saturated heterocycles. The molecule has 0 aromatic heterocycles. The summed E-state index contributed by atoms with van der Waals surface area (Å²) in [4.78, 5) is 0.260. The van der Waals surface area contributed by atoms with Crippen LogP contribution in [0.3, 0.4) is 0 Å². The monoisotopic (exact) mass is 688 g/mol. The van der Waals surface area contributed by atoms with Gasteiger partial charge >= 0.3 is 0 Å². The number of ether oxygens (including phenoxy) is 2. The van der Waals surface area contributed by atoms with E-state index in [4.69, 9.17) is 20.3 Å². The van der Waals surface area contributed by atoms with Crippen molar-refractivity contribution in [1.82, 2.24) is 14.3 Å². The molecule has 5 rings (SSSR count). The Morgan fingerprint density at radius 3 is 2.40 bits per heavy atom. The summed E-state index contributed by atoms with van der Waals surface area (Å²) in [5.74, 6) is 0.293. The maximum absolute atomic E-state index is 13.6. The highest BCUT2D eigenvalue weighted by Gasteiger charge is 2.44. The number of sulfonamides is 2. The Morgan fingerprint density at radius 2 is 1.70 bits per heavy atom. The van der Waals surface area contributed by atoms with Gasteiger partial charge in [-0.2, -0.15) is 4.31 Å². The molecule has 2 aliphatic heterocycles. The minimum atomic E-state index is -3.83. The molecule has 0 radical (unpaired) electrons. The van der Waals surface area contributed by atoms with Gasteiger partial charge in [-0.05, 0) is 67.1 Å². The second-order valence-corrected chi connectivity index (χ2v) is 15.9. The van der Waals surface area contributed by atoms with E-state index in [1.165, 1.54) is 16.4 Å². The third-order valence-electron chi connectivity index (χ3n) is 8.67. The second-order valence-electron chi connectivity index (χ2n) is 12.3. The van der Waals surface area contributed by atoms with Crippen LogP contribution < -0.4 is 20.5 Å². The van der Waals surface area contributed by atoms with Crippen molar-refractivity contribution in [2.75, 3.05) is 39.5 Å². The standard InChI is InChI=1S/C33H44N4O8S2/c1-24(21-38)36-46(40,41)31-6-3-5-30(17-31)44-23-29(39)20-35-28-18-33(45-22-28)12-14-37(15-13-33)47(42,43)32-7-2-4-27(16-32)26-10-8-25(19-34)9-11-26/h2-11,16-17,24,28-29,35-36,38-39H,12-15,18-23,34H2,1H3/t24-,28+,29+/m1/s1. The number of benzene rings is 3. The van der Waals surface area contributed by atoms with E-state index in [1.54, 1.807) is 37.3 Å². The average molecular weight is 689 g/mol. The third-order valence-corrected chi connectivity index (χ3v) is 12.1. The first kappa shape index (κ1) is 35.4. The Morgan fingerprint density at radius 1 is 1.00 bits per heavy atom. The average Bonchev–Trinajstić information content (AvgIpc) is 3.48. The van der Waals surface area contributed by atoms with Crippen molar-refractivity contribution >= 4 is 20.0 Å². The van der Waals surface area contributed by atoms with E-state index in [9.17, 15) is 21.9 Å². The first-order valence-electron chi connectivity index (χ1n) is 15.7. The van der Waals surface area contributed by atoms with E-state index in [-0.39, 0.29) is 35.6 Å². The van der Waals surface area contributed by atoms with E-state index in [2.05, 4.69) is 10.0 Å². The summed E-state index contributed by atoms with van der Waals surface area (Å²) in [7, 11) is -7.51. The van der Waals surface area contributed by atoms with Gasteiger partial charge in [0.05, 0.1) is 28.6 Å². The van der Waals surface area contributed by atoms with E-state index >= 15 is 0 Å². The summed E-state index contributed by atoms with van der Waals surface area (Å²) >= 11 is 0. The molecular formula is C33H44N4O8S2. The predicted molar refractivity (Wildman–Crippen MR) is 178 cm³/mol. The Kier molecular flexibility index (Phi) is 11.4. The number of nitrogens with two attached hydrogens (primary N) is 1. The van der Waals surface area contributed by atoms with Crippen LogP contribution >= 0.6 is 0 Å². The minimum absolute atomic E-state index is 0.00224. The van der Waals surface area contributed by atoms with E-state index < -0.39 is 37.8 Å². The Bertz CT molecular complexity index is 1710. The number of aliphatic hydroxyl groups is 2. The van der Waals surface area contributed by atoms with Gasteiger partial charge in [0.1, 0.15) is 18.5 Å². The zero-order valence-electron chi connectivity index (χ0n) is 26.4. The van der Waals surface area contributed by atoms with Gasteiger partial charge in [-0.3, -0.25) is 0 Å². The van der Waals surface area contributed by atoms with Crippen molar-refractivity contribution in [3.05, 3.63) is 78.4 Å². The van der Waals surface area contributed by atoms with E-state index in [0.717, 1.165) is 16.7 Å². The molecule has 3 aromatic carbocycles. The number of nitrogens with one attached hydrogen (secondary N) is 2. The summed E-state index contributed by atoms with van der Waals surface area (Å²) in [6.07, 6.45) is 0.978. The molecular weight excluding hydrogens is 645 g/mol. The molecule has 6 N–H and O–H groups in total. The molecule has 3 aromatic rings. The summed E-state index contributed by atoms with van der Waals surface area (Å²) in [6, 6.07) is 20.1. The molecule has 0 unspecified atom stereocenters. The lowest BCUT2D eigenvalue weighted by atomic mass is 9.88. The first-order chi connectivity index (χ1) is 22.4. The molecule has 2 heterocycles. The molecule has 47 heavy (non-hydrogen) atoms. The summed E-state index contributed by atoms with van der Waals surface area (Å²) in [5.41, 5.74) is 8.04. The number of hydrogen-bond donors (Lipinski definition) is 5. The molecule has 0 bridgehead atoms. The fraction of sp³-hybridized carbons (Fsp3) is 0.455. The molecule has 2 fully saturated rings. The molecule has 2 aliphatic rings. The molecule has 12 nitrogen and oxygen atoms in total. The highest BCUT2D eigenvalue weighted by atomic mass is 32.2. The fourth-order valence-electron chi connectivity index (χ4n) is 5.93. The largest absolute Gasteiger partial charge is 0.491 e. The number of aliphatic hydroxyl groups excluding tert-OH is 2. The predicted octanol–water partition coefficient (Wildman–Crippen LogP) is 1.81. The van der Waals surface area contributed by atoms with Crippen LogP contribution in [0.25, 0.3) is 11.1 Å². The maximum atomic E-state index is 13.6. The van der Waals surface area contributed by atoms with Crippen molar-refractivity contribution in [1.29, 1.82) is 0 Å². The van der Waals surface area contributed by atoms with Gasteiger partial charge in [0.15, 0.2) is 0 Å². The van der Waals surface area contributed by atoms with Gasteiger partial charge in [-0.1, -0.05) is 42.5 Å². The van der Waals surface area contributed by atoms with Crippen LogP contribution in [0.5, 0.6) is 5.75 Å². The third kappa shape index (κ3) is 8.76. The Labute approximate surface area is 277 Å². The topological polar surface area (TPSA) is 181 Å². The minimum Gasteiger partial charge on any atom is -0.491 e. The first-order valence-corrected chi connectivity index (χ1v) is 18.7. The highest BCUT2D eigenvalue weighted by molar-refractivity contribution is 7.89. The molecule has 256 valence electrons. The summed E-state index contributed by atoms with van der Waals surface area (Å²) in [5, 5.41) is 23.0. The zero-order valence-corrected chi connectivity index (χ0v) is 28.0. The lowest BCUT2D eigenvalue weighted by Crippen LogP contribution is -2.47. The van der Waals surface area contributed by atoms with Gasteiger partial charge < -0.3 is 30.7 Å². The number of nitrogens with zero attached hydrogens (tertiary/aromatic N) is 1. The van der Waals surface area contributed by atoms with Crippen molar-refractivity contribution in [2.45, 2.75) is 66.3 Å². The molecule has 0 aliphatic carbocycles. The Balaban J connectivity index is 1.09. The fourth-order valence-corrected chi connectivity index (χ4v) is 8.69. The summed E-state index contributed by atoms with van der Waals surface area (Å²) in [6.45, 7) is 3.01. The van der Waals surface area contributed by atoms with Gasteiger partial charge in [-0.15, -0.1) is 0 Å². The van der Waals surface area contributed by atoms with Crippen molar-refractivity contribution in [3.63, 3.8) is 0 Å². The van der Waals surface area contributed by atoms with Crippen LogP contribution in [-0.2, 0) is 31.3 Å². The van der Waals surface area contributed by atoms with Gasteiger partial charge in [0.25, 0.3) is 0 Å². The smallest absolute Gasteiger partial charge is 0.243 e. The normalized spacial score (nSPS) is 19.9. The van der Waals surface area contributed by atoms with Crippen LogP contribution in [0.1, 0.15) is 31.7 Å². The molecule has 0 saturated carbocycles. The molecule has 3 atom stereocenters. The number of hydrogen-bond acceptors (Lipinski definition) is 10. The molecule has 1 spiro atoms. The van der Waals surface area contributed by atoms with Gasteiger partial charge in [0.2, 0.25) is 20.0 Å². The zero-order chi connectivity index (χ0) is 33.7. The van der Waals surface area contributed by atoms with Crippen LogP contribution in [-0.4, -0.2) is 94.6 Å². The quantitative estimate of drug-likeness (QED) is 0.168. The van der Waals surface area contributed by atoms with Crippen molar-refractivity contribution in [3.8, 4) is 16.9 Å². The molecule has 14 heteroatoms.